The lowest BCUT2D eigenvalue weighted by Crippen LogP contribution is -1.96. The van der Waals surface area contributed by atoms with Crippen molar-refractivity contribution in [3.8, 4) is 5.75 Å². The Morgan fingerprint density at radius 3 is 2.82 bits per heavy atom. The van der Waals surface area contributed by atoms with Crippen LogP contribution in [-0.2, 0) is 9.53 Å². The van der Waals surface area contributed by atoms with Crippen molar-refractivity contribution in [2.24, 2.45) is 0 Å². The fraction of sp³-hybridized carbons (Fsp3) is 0.182. The van der Waals surface area contributed by atoms with Crippen molar-refractivity contribution in [1.82, 2.24) is 0 Å². The Bertz CT molecular complexity index is 433. The van der Waals surface area contributed by atoms with E-state index in [2.05, 4.69) is 4.74 Å². The number of phenolic OH excluding ortho intramolecular Hbond substituents is 1. The van der Waals surface area contributed by atoms with Gasteiger partial charge in [-0.25, -0.2) is 0 Å². The van der Waals surface area contributed by atoms with Crippen molar-refractivity contribution < 1.29 is 14.6 Å². The van der Waals surface area contributed by atoms with Gasteiger partial charge in [0.25, 0.3) is 0 Å². The molecule has 0 heterocycles. The Labute approximate surface area is 110 Å². The van der Waals surface area contributed by atoms with Crippen molar-refractivity contribution in [3.05, 3.63) is 28.8 Å². The van der Waals surface area contributed by atoms with Crippen LogP contribution in [0.1, 0.15) is 12.0 Å². The number of carbonyl (C=O) groups is 1. The summed E-state index contributed by atoms with van der Waals surface area (Å²) in [5.41, 5.74) is 6.19. The molecule has 3 N–H and O–H groups in total. The zero-order valence-electron chi connectivity index (χ0n) is 9.14. The summed E-state index contributed by atoms with van der Waals surface area (Å²) in [6, 6.07) is 3.01. The third-order valence-corrected chi connectivity index (χ3v) is 2.16. The molecule has 1 aromatic rings. The number of nitrogen functional groups attached to an aromatic ring is 1. The van der Waals surface area contributed by atoms with Crippen LogP contribution in [0.25, 0.3) is 6.08 Å². The molecule has 0 saturated heterocycles. The van der Waals surface area contributed by atoms with Crippen LogP contribution in [0.15, 0.2) is 18.2 Å². The second kappa shape index (κ2) is 7.04. The van der Waals surface area contributed by atoms with Crippen LogP contribution in [0.3, 0.4) is 0 Å². The second-order valence-electron chi connectivity index (χ2n) is 3.12. The van der Waals surface area contributed by atoms with Gasteiger partial charge in [-0.2, -0.15) is 0 Å². The fourth-order valence-corrected chi connectivity index (χ4v) is 1.37. The largest absolute Gasteiger partial charge is 0.505 e. The molecule has 0 atom stereocenters. The van der Waals surface area contributed by atoms with E-state index in [1.54, 1.807) is 18.2 Å². The van der Waals surface area contributed by atoms with Crippen LogP contribution in [0.4, 0.5) is 5.69 Å². The number of benzene rings is 1. The Morgan fingerprint density at radius 1 is 1.59 bits per heavy atom. The number of aromatic hydroxyl groups is 1. The summed E-state index contributed by atoms with van der Waals surface area (Å²) in [6.45, 7) is 0. The molecule has 0 aromatic heterocycles. The van der Waals surface area contributed by atoms with E-state index in [-0.39, 0.29) is 36.2 Å². The van der Waals surface area contributed by atoms with Crippen molar-refractivity contribution in [2.45, 2.75) is 6.42 Å². The summed E-state index contributed by atoms with van der Waals surface area (Å²) in [6.07, 6.45) is 3.26. The minimum Gasteiger partial charge on any atom is -0.505 e. The maximum Gasteiger partial charge on any atom is 0.309 e. The highest BCUT2D eigenvalue weighted by Crippen LogP contribution is 2.30. The van der Waals surface area contributed by atoms with Gasteiger partial charge in [0, 0.05) is 10.6 Å². The molecule has 0 aliphatic heterocycles. The summed E-state index contributed by atoms with van der Waals surface area (Å²) < 4.78 is 4.46. The zero-order valence-corrected chi connectivity index (χ0v) is 10.7. The van der Waals surface area contributed by atoms with Gasteiger partial charge < -0.3 is 15.6 Å². The molecule has 0 spiro atoms. The van der Waals surface area contributed by atoms with Gasteiger partial charge in [0.05, 0.1) is 19.2 Å². The predicted molar refractivity (Wildman–Crippen MR) is 70.4 cm³/mol. The maximum absolute atomic E-state index is 10.8. The van der Waals surface area contributed by atoms with Crippen molar-refractivity contribution in [3.63, 3.8) is 0 Å². The first-order valence-electron chi connectivity index (χ1n) is 4.56. The summed E-state index contributed by atoms with van der Waals surface area (Å²) >= 11 is 5.77. The van der Waals surface area contributed by atoms with E-state index in [0.717, 1.165) is 0 Å². The van der Waals surface area contributed by atoms with Crippen LogP contribution in [0, 0.1) is 0 Å². The summed E-state index contributed by atoms with van der Waals surface area (Å²) in [5.74, 6) is -0.406. The topological polar surface area (TPSA) is 72.5 Å². The summed E-state index contributed by atoms with van der Waals surface area (Å²) in [4.78, 5) is 10.8. The van der Waals surface area contributed by atoms with E-state index in [9.17, 15) is 9.90 Å². The van der Waals surface area contributed by atoms with Gasteiger partial charge >= 0.3 is 5.97 Å². The van der Waals surface area contributed by atoms with E-state index < -0.39 is 0 Å². The van der Waals surface area contributed by atoms with E-state index in [0.29, 0.717) is 10.6 Å². The molecule has 0 aliphatic rings. The normalized spacial score (nSPS) is 10.0. The van der Waals surface area contributed by atoms with E-state index in [1.807, 2.05) is 0 Å². The van der Waals surface area contributed by atoms with Gasteiger partial charge in [-0.15, -0.1) is 12.4 Å². The molecule has 0 unspecified atom stereocenters. The lowest BCUT2D eigenvalue weighted by atomic mass is 10.1. The minimum absolute atomic E-state index is 0. The lowest BCUT2D eigenvalue weighted by Gasteiger charge is -2.03. The molecule has 94 valence electrons. The quantitative estimate of drug-likeness (QED) is 0.506. The third-order valence-electron chi connectivity index (χ3n) is 1.94. The predicted octanol–water partition coefficient (Wildman–Crippen LogP) is 2.63. The Balaban J connectivity index is 0.00000256. The number of hydrogen-bond donors (Lipinski definition) is 2. The highest BCUT2D eigenvalue weighted by atomic mass is 35.5. The molecule has 1 aromatic carbocycles. The third kappa shape index (κ3) is 4.54. The lowest BCUT2D eigenvalue weighted by molar-refractivity contribution is -0.139. The zero-order chi connectivity index (χ0) is 12.1. The first-order chi connectivity index (χ1) is 7.54. The van der Waals surface area contributed by atoms with Crippen molar-refractivity contribution in [2.75, 3.05) is 12.8 Å². The minimum atomic E-state index is -0.356. The molecule has 4 nitrogen and oxygen atoms in total. The van der Waals surface area contributed by atoms with Gasteiger partial charge in [-0.05, 0) is 12.1 Å². The molecule has 0 amide bonds. The highest BCUT2D eigenvalue weighted by molar-refractivity contribution is 6.31. The average molecular weight is 278 g/mol. The Kier molecular flexibility index (Phi) is 6.46. The smallest absolute Gasteiger partial charge is 0.309 e. The molecule has 0 fully saturated rings. The van der Waals surface area contributed by atoms with Crippen LogP contribution in [-0.4, -0.2) is 18.2 Å². The molecule has 0 aliphatic carbocycles. The van der Waals surface area contributed by atoms with Gasteiger partial charge in [0.1, 0.15) is 5.75 Å². The SMILES string of the molecule is COC(=O)CC=Cc1cc(Cl)cc(N)c1O.Cl. The summed E-state index contributed by atoms with van der Waals surface area (Å²) in [7, 11) is 1.31. The number of anilines is 1. The van der Waals surface area contributed by atoms with E-state index in [1.165, 1.54) is 13.2 Å². The molecular formula is C11H13Cl2NO3. The number of phenols is 1. The van der Waals surface area contributed by atoms with Crippen molar-refractivity contribution in [1.29, 1.82) is 0 Å². The van der Waals surface area contributed by atoms with Crippen LogP contribution in [0.5, 0.6) is 5.75 Å². The van der Waals surface area contributed by atoms with E-state index in [4.69, 9.17) is 17.3 Å². The molecule has 6 heteroatoms. The van der Waals surface area contributed by atoms with Crippen LogP contribution in [0.2, 0.25) is 5.02 Å². The maximum atomic E-state index is 10.8. The van der Waals surface area contributed by atoms with E-state index >= 15 is 0 Å². The van der Waals surface area contributed by atoms with Crippen LogP contribution >= 0.6 is 24.0 Å². The van der Waals surface area contributed by atoms with Gasteiger partial charge in [-0.3, -0.25) is 4.79 Å². The number of nitrogens with two attached hydrogens (primary N) is 1. The van der Waals surface area contributed by atoms with Crippen LogP contribution < -0.4 is 5.73 Å². The number of esters is 1. The molecule has 0 radical (unpaired) electrons. The Hall–Kier alpha value is -1.39. The molecule has 0 saturated carbocycles. The standard InChI is InChI=1S/C11H12ClNO3.ClH/c1-16-10(14)4-2-3-7-5-8(12)6-9(13)11(7)15;/h2-3,5-6,15H,4,13H2,1H3;1H. The molecule has 0 bridgehead atoms. The second-order valence-corrected chi connectivity index (χ2v) is 3.55. The molecule has 1 rings (SSSR count). The first-order valence-corrected chi connectivity index (χ1v) is 4.93. The van der Waals surface area contributed by atoms with Gasteiger partial charge in [0.15, 0.2) is 0 Å². The monoisotopic (exact) mass is 277 g/mol. The first kappa shape index (κ1) is 15.6. The molecular weight excluding hydrogens is 265 g/mol. The highest BCUT2D eigenvalue weighted by Gasteiger charge is 2.04. The Morgan fingerprint density at radius 2 is 2.24 bits per heavy atom. The number of rotatable bonds is 3. The summed E-state index contributed by atoms with van der Waals surface area (Å²) in [5, 5.41) is 10.0. The fourth-order valence-electron chi connectivity index (χ4n) is 1.13. The van der Waals surface area contributed by atoms with Crippen molar-refractivity contribution >= 4 is 41.7 Å². The number of carbonyl (C=O) groups excluding carboxylic acids is 1. The average Bonchev–Trinajstić information content (AvgIpc) is 2.24. The number of halogens is 2. The van der Waals surface area contributed by atoms with Gasteiger partial charge in [0.2, 0.25) is 0 Å². The van der Waals surface area contributed by atoms with Gasteiger partial charge in [-0.1, -0.05) is 23.8 Å². The number of methoxy groups -OCH3 is 1. The molecule has 17 heavy (non-hydrogen) atoms. The number of hydrogen-bond acceptors (Lipinski definition) is 4. The number of ether oxygens (including phenoxy) is 1.